The van der Waals surface area contributed by atoms with Crippen molar-refractivity contribution < 1.29 is 0 Å². The van der Waals surface area contributed by atoms with Crippen LogP contribution in [0.1, 0.15) is 0 Å². The molecule has 0 radical (unpaired) electrons. The Labute approximate surface area is 406 Å². The van der Waals surface area contributed by atoms with Gasteiger partial charge in [0.15, 0.2) is 0 Å². The molecule has 6 nitrogen and oxygen atoms in total. The van der Waals surface area contributed by atoms with Gasteiger partial charge < -0.3 is 4.98 Å². The number of H-pyrrole nitrogens is 1. The Morgan fingerprint density at radius 1 is 0.388 bits per heavy atom. The van der Waals surface area contributed by atoms with Gasteiger partial charge in [0, 0.05) is 73.9 Å². The lowest BCUT2D eigenvalue weighted by molar-refractivity contribution is 1.02. The molecular formula is C56H33Cl3N6S2. The van der Waals surface area contributed by atoms with E-state index in [4.69, 9.17) is 44.8 Å². The number of nitrogens with one attached hydrogen (secondary N) is 1. The molecule has 0 unspecified atom stereocenters. The molecule has 0 bridgehead atoms. The highest BCUT2D eigenvalue weighted by Crippen LogP contribution is 2.42. The van der Waals surface area contributed by atoms with Crippen LogP contribution in [0.3, 0.4) is 0 Å². The molecular weight excluding hydrogens is 927 g/mol. The van der Waals surface area contributed by atoms with Crippen LogP contribution >= 0.6 is 57.5 Å². The van der Waals surface area contributed by atoms with Crippen LogP contribution in [0.15, 0.2) is 194 Å². The minimum Gasteiger partial charge on any atom is -0.355 e. The van der Waals surface area contributed by atoms with Crippen LogP contribution in [-0.4, -0.2) is 29.5 Å². The molecule has 0 atom stereocenters. The highest BCUT2D eigenvalue weighted by molar-refractivity contribution is 7.26. The van der Waals surface area contributed by atoms with E-state index in [1.807, 2.05) is 78.9 Å². The van der Waals surface area contributed by atoms with Crippen LogP contribution in [0.4, 0.5) is 0 Å². The van der Waals surface area contributed by atoms with Gasteiger partial charge in [-0.1, -0.05) is 157 Å². The molecule has 0 spiro atoms. The molecule has 14 aromatic rings. The normalized spacial score (nSPS) is 11.5. The quantitative estimate of drug-likeness (QED) is 0.179. The lowest BCUT2D eigenvalue weighted by Gasteiger charge is -2.10. The molecule has 14 rings (SSSR count). The van der Waals surface area contributed by atoms with Gasteiger partial charge >= 0.3 is 0 Å². The summed E-state index contributed by atoms with van der Waals surface area (Å²) in [5.74, 6) is 0.665. The summed E-state index contributed by atoms with van der Waals surface area (Å²) >= 11 is 22.0. The third-order valence-electron chi connectivity index (χ3n) is 11.8. The molecule has 6 heterocycles. The van der Waals surface area contributed by atoms with Gasteiger partial charge in [0.1, 0.15) is 0 Å². The molecule has 0 saturated carbocycles. The lowest BCUT2D eigenvalue weighted by Crippen LogP contribution is -2.02. The Hall–Kier alpha value is -7.17. The summed E-state index contributed by atoms with van der Waals surface area (Å²) in [6.07, 6.45) is 0. The van der Waals surface area contributed by atoms with Gasteiger partial charge in [-0.2, -0.15) is 0 Å². The van der Waals surface area contributed by atoms with E-state index in [1.165, 1.54) is 32.6 Å². The largest absolute Gasteiger partial charge is 0.355 e. The van der Waals surface area contributed by atoms with E-state index in [-0.39, 0.29) is 5.28 Å². The Morgan fingerprint density at radius 2 is 0.821 bits per heavy atom. The number of aromatic nitrogens is 6. The molecule has 0 aliphatic rings. The second kappa shape index (κ2) is 17.2. The number of nitrogens with zero attached hydrogens (tertiary/aromatic N) is 5. The molecule has 0 saturated heterocycles. The van der Waals surface area contributed by atoms with Crippen LogP contribution in [0.25, 0.3) is 113 Å². The summed E-state index contributed by atoms with van der Waals surface area (Å²) in [4.78, 5) is 22.5. The minimum absolute atomic E-state index is 0.251. The number of hydrogen-bond donors (Lipinski definition) is 1. The first kappa shape index (κ1) is 41.3. The zero-order chi connectivity index (χ0) is 45.0. The summed E-state index contributed by atoms with van der Waals surface area (Å²) in [7, 11) is 0. The van der Waals surface area contributed by atoms with E-state index in [2.05, 4.69) is 135 Å². The van der Waals surface area contributed by atoms with E-state index in [1.54, 1.807) is 22.7 Å². The van der Waals surface area contributed by atoms with Crippen molar-refractivity contribution in [1.82, 2.24) is 29.5 Å². The van der Waals surface area contributed by atoms with Gasteiger partial charge in [-0.3, -0.25) is 4.57 Å². The first-order valence-electron chi connectivity index (χ1n) is 21.4. The van der Waals surface area contributed by atoms with Crippen molar-refractivity contribution in [3.63, 3.8) is 0 Å². The number of para-hydroxylation sites is 4. The highest BCUT2D eigenvalue weighted by Gasteiger charge is 2.20. The van der Waals surface area contributed by atoms with Crippen molar-refractivity contribution in [2.75, 3.05) is 0 Å². The number of benzene rings is 8. The topological polar surface area (TPSA) is 72.3 Å². The summed E-state index contributed by atoms with van der Waals surface area (Å²) in [5.41, 5.74) is 10.3. The van der Waals surface area contributed by atoms with E-state index in [0.717, 1.165) is 74.2 Å². The fourth-order valence-electron chi connectivity index (χ4n) is 8.81. The Balaban J connectivity index is 0.000000117. The molecule has 0 aliphatic heterocycles. The molecule has 320 valence electrons. The first-order chi connectivity index (χ1) is 32.9. The number of halogens is 3. The maximum absolute atomic E-state index is 6.38. The SMILES string of the molecule is Clc1ccc2sc3c(-c4ccccc4)nc(-n4c5ccccc5c5ccccc54)nc3c2c1.Clc1ccc2sc3c(-c4ccccc4)nc(Cl)nc3c2c1.c1ccc2c(c1)[nH]c1ccccc12. The van der Waals surface area contributed by atoms with E-state index in [0.29, 0.717) is 16.0 Å². The van der Waals surface area contributed by atoms with Crippen molar-refractivity contribution in [2.45, 2.75) is 0 Å². The predicted octanol–water partition coefficient (Wildman–Crippen LogP) is 17.4. The van der Waals surface area contributed by atoms with Crippen LogP contribution in [0.5, 0.6) is 0 Å². The summed E-state index contributed by atoms with van der Waals surface area (Å²) in [6.45, 7) is 0. The van der Waals surface area contributed by atoms with Gasteiger partial charge in [0.25, 0.3) is 0 Å². The van der Waals surface area contributed by atoms with Crippen molar-refractivity contribution in [3.8, 4) is 28.5 Å². The third kappa shape index (κ3) is 7.53. The van der Waals surface area contributed by atoms with Gasteiger partial charge in [0.05, 0.1) is 42.9 Å². The Morgan fingerprint density at radius 3 is 1.34 bits per heavy atom. The van der Waals surface area contributed by atoms with Crippen molar-refractivity contribution >= 4 is 142 Å². The zero-order valence-electron chi connectivity index (χ0n) is 35.2. The summed E-state index contributed by atoms with van der Waals surface area (Å²) in [6, 6.07) is 65.8. The molecule has 67 heavy (non-hydrogen) atoms. The number of aromatic amines is 1. The smallest absolute Gasteiger partial charge is 0.235 e. The lowest BCUT2D eigenvalue weighted by atomic mass is 10.1. The van der Waals surface area contributed by atoms with E-state index >= 15 is 0 Å². The third-order valence-corrected chi connectivity index (χ3v) is 14.8. The molecule has 0 amide bonds. The summed E-state index contributed by atoms with van der Waals surface area (Å²) in [5, 5.41) is 8.72. The van der Waals surface area contributed by atoms with Gasteiger partial charge in [-0.25, -0.2) is 19.9 Å². The zero-order valence-corrected chi connectivity index (χ0v) is 39.1. The molecule has 0 aliphatic carbocycles. The van der Waals surface area contributed by atoms with Gasteiger partial charge in [0.2, 0.25) is 11.2 Å². The highest BCUT2D eigenvalue weighted by atomic mass is 35.5. The van der Waals surface area contributed by atoms with Crippen LogP contribution in [-0.2, 0) is 0 Å². The molecule has 11 heteroatoms. The summed E-state index contributed by atoms with van der Waals surface area (Å²) < 4.78 is 6.55. The fourth-order valence-corrected chi connectivity index (χ4v) is 11.6. The second-order valence-corrected chi connectivity index (χ2v) is 19.2. The van der Waals surface area contributed by atoms with Crippen LogP contribution in [0.2, 0.25) is 15.3 Å². The van der Waals surface area contributed by atoms with Crippen molar-refractivity contribution in [2.24, 2.45) is 0 Å². The number of rotatable bonds is 3. The average molecular weight is 960 g/mol. The Kier molecular flexibility index (Phi) is 10.6. The van der Waals surface area contributed by atoms with E-state index in [9.17, 15) is 0 Å². The van der Waals surface area contributed by atoms with Gasteiger partial charge in [-0.15, -0.1) is 22.7 Å². The fraction of sp³-hybridized carbons (Fsp3) is 0. The molecule has 6 aromatic heterocycles. The van der Waals surface area contributed by atoms with Crippen LogP contribution < -0.4 is 0 Å². The number of thiophene rings is 2. The standard InChI is InChI=1S/C28H16ClN3S.C16H8Cl2N2S.C12H9N/c29-18-14-15-24-21(16-18)26-27(33-24)25(17-8-2-1-3-9-17)30-28(31-26)32-22-12-6-4-10-19(22)20-11-5-7-13-23(20)32;17-10-6-7-12-11(8-10)14-15(21-12)13(19-16(18)20-14)9-4-2-1-3-5-9;1-3-7-11-9(5-1)10-6-2-4-8-12(10)13-11/h1-16H;1-8H;1-8,13H. The molecule has 1 N–H and O–H groups in total. The predicted molar refractivity (Wildman–Crippen MR) is 286 cm³/mol. The van der Waals surface area contributed by atoms with Crippen molar-refractivity contribution in [3.05, 3.63) is 209 Å². The monoisotopic (exact) mass is 958 g/mol. The molecule has 8 aromatic carbocycles. The van der Waals surface area contributed by atoms with E-state index < -0.39 is 0 Å². The Bertz CT molecular complexity index is 4060. The maximum Gasteiger partial charge on any atom is 0.235 e. The second-order valence-electron chi connectivity index (χ2n) is 15.9. The molecule has 0 fully saturated rings. The van der Waals surface area contributed by atoms with Gasteiger partial charge in [-0.05, 0) is 72.3 Å². The maximum atomic E-state index is 6.38. The minimum atomic E-state index is 0.251. The number of hydrogen-bond acceptors (Lipinski definition) is 6. The van der Waals surface area contributed by atoms with Crippen LogP contribution in [0, 0.1) is 0 Å². The van der Waals surface area contributed by atoms with Crippen molar-refractivity contribution in [1.29, 1.82) is 0 Å². The average Bonchev–Trinajstić information content (AvgIpc) is 4.13. The first-order valence-corrected chi connectivity index (χ1v) is 24.2. The number of fused-ring (bicyclic) bond motifs is 12.